The van der Waals surface area contributed by atoms with E-state index in [2.05, 4.69) is 16.8 Å². The molecule has 156 valence electrons. The molecule has 5 rings (SSSR count). The second-order valence-corrected chi connectivity index (χ2v) is 8.56. The van der Waals surface area contributed by atoms with E-state index in [1.165, 1.54) is 12.8 Å². The summed E-state index contributed by atoms with van der Waals surface area (Å²) in [4.78, 5) is 26.5. The summed E-state index contributed by atoms with van der Waals surface area (Å²) in [5.74, 6) is 0.951. The minimum absolute atomic E-state index is 0.0794. The van der Waals surface area contributed by atoms with Crippen LogP contribution in [0.5, 0.6) is 0 Å². The summed E-state index contributed by atoms with van der Waals surface area (Å²) in [7, 11) is 0. The Morgan fingerprint density at radius 2 is 1.90 bits per heavy atom. The standard InChI is InChI=1S/C22H25ClN6O/c1-15-14-29-20(25-21(15)27-10-4-5-11-27)13-17(26-29)18-8-2-3-12-28(18)22(30)16-7-6-9-19(23)24-16/h6-7,9,13-14,18H,2-5,8,10-12H2,1H3. The summed E-state index contributed by atoms with van der Waals surface area (Å²) in [6, 6.07) is 7.11. The van der Waals surface area contributed by atoms with Crippen molar-refractivity contribution < 1.29 is 4.79 Å². The van der Waals surface area contributed by atoms with Crippen LogP contribution in [0.1, 0.15) is 59.9 Å². The lowest BCUT2D eigenvalue weighted by atomic mass is 9.99. The average molecular weight is 425 g/mol. The van der Waals surface area contributed by atoms with Crippen LogP contribution in [0.15, 0.2) is 30.5 Å². The molecule has 3 aromatic rings. The fourth-order valence-electron chi connectivity index (χ4n) is 4.59. The van der Waals surface area contributed by atoms with Crippen molar-refractivity contribution in [3.05, 3.63) is 52.6 Å². The number of piperidine rings is 1. The van der Waals surface area contributed by atoms with Gasteiger partial charge >= 0.3 is 0 Å². The molecule has 0 bridgehead atoms. The Bertz CT molecular complexity index is 1090. The molecule has 1 unspecified atom stereocenters. The van der Waals surface area contributed by atoms with E-state index in [0.29, 0.717) is 17.4 Å². The topological polar surface area (TPSA) is 66.6 Å². The molecule has 0 aliphatic carbocycles. The van der Waals surface area contributed by atoms with Gasteiger partial charge in [0, 0.05) is 37.5 Å². The highest BCUT2D eigenvalue weighted by atomic mass is 35.5. The van der Waals surface area contributed by atoms with E-state index in [9.17, 15) is 4.79 Å². The molecule has 0 spiro atoms. The maximum absolute atomic E-state index is 13.2. The van der Waals surface area contributed by atoms with E-state index < -0.39 is 0 Å². The lowest BCUT2D eigenvalue weighted by Crippen LogP contribution is -2.39. The van der Waals surface area contributed by atoms with Gasteiger partial charge in [-0.1, -0.05) is 17.7 Å². The highest BCUT2D eigenvalue weighted by Crippen LogP contribution is 2.32. The first-order chi connectivity index (χ1) is 14.6. The Hall–Kier alpha value is -2.67. The van der Waals surface area contributed by atoms with Gasteiger partial charge in [-0.15, -0.1) is 0 Å². The van der Waals surface area contributed by atoms with Gasteiger partial charge in [-0.3, -0.25) is 4.79 Å². The first-order valence-electron chi connectivity index (χ1n) is 10.7. The minimum atomic E-state index is -0.0962. The van der Waals surface area contributed by atoms with Crippen molar-refractivity contribution in [3.63, 3.8) is 0 Å². The van der Waals surface area contributed by atoms with Crippen molar-refractivity contribution >= 4 is 29.0 Å². The average Bonchev–Trinajstić information content (AvgIpc) is 3.42. The predicted molar refractivity (Wildman–Crippen MR) is 116 cm³/mol. The Kier molecular flexibility index (Phi) is 5.06. The van der Waals surface area contributed by atoms with Gasteiger partial charge in [0.15, 0.2) is 5.65 Å². The van der Waals surface area contributed by atoms with Crippen LogP contribution in [-0.2, 0) is 0 Å². The molecule has 1 atom stereocenters. The lowest BCUT2D eigenvalue weighted by molar-refractivity contribution is 0.0599. The molecule has 2 fully saturated rings. The summed E-state index contributed by atoms with van der Waals surface area (Å²) >= 11 is 6.01. The zero-order valence-electron chi connectivity index (χ0n) is 17.1. The normalized spacial score (nSPS) is 19.6. The van der Waals surface area contributed by atoms with Crippen molar-refractivity contribution in [2.75, 3.05) is 24.5 Å². The van der Waals surface area contributed by atoms with Crippen molar-refractivity contribution in [1.82, 2.24) is 24.5 Å². The fraction of sp³-hybridized carbons (Fsp3) is 0.455. The van der Waals surface area contributed by atoms with Crippen LogP contribution in [-0.4, -0.2) is 50.0 Å². The van der Waals surface area contributed by atoms with Crippen molar-refractivity contribution in [3.8, 4) is 0 Å². The first kappa shape index (κ1) is 19.3. The van der Waals surface area contributed by atoms with Crippen LogP contribution in [0.2, 0.25) is 5.15 Å². The van der Waals surface area contributed by atoms with Gasteiger partial charge < -0.3 is 9.80 Å². The molecular weight excluding hydrogens is 400 g/mol. The van der Waals surface area contributed by atoms with E-state index >= 15 is 0 Å². The van der Waals surface area contributed by atoms with E-state index in [0.717, 1.165) is 55.1 Å². The van der Waals surface area contributed by atoms with E-state index in [1.54, 1.807) is 18.2 Å². The number of fused-ring (bicyclic) bond motifs is 1. The van der Waals surface area contributed by atoms with Crippen molar-refractivity contribution in [2.45, 2.75) is 45.1 Å². The fourth-order valence-corrected chi connectivity index (χ4v) is 4.75. The van der Waals surface area contributed by atoms with Crippen molar-refractivity contribution in [1.29, 1.82) is 0 Å². The molecular formula is C22H25ClN6O. The molecule has 0 radical (unpaired) electrons. The molecule has 0 aromatic carbocycles. The van der Waals surface area contributed by atoms with Gasteiger partial charge in [0.2, 0.25) is 0 Å². The van der Waals surface area contributed by atoms with Gasteiger partial charge in [0.05, 0.1) is 11.7 Å². The number of anilines is 1. The summed E-state index contributed by atoms with van der Waals surface area (Å²) in [5, 5.41) is 5.13. The van der Waals surface area contributed by atoms with Crippen LogP contribution in [0, 0.1) is 6.92 Å². The molecule has 7 nitrogen and oxygen atoms in total. The highest BCUT2D eigenvalue weighted by Gasteiger charge is 2.31. The third kappa shape index (κ3) is 3.51. The van der Waals surface area contributed by atoms with Gasteiger partial charge in [-0.25, -0.2) is 14.5 Å². The molecule has 0 saturated carbocycles. The Balaban J connectivity index is 1.48. The zero-order valence-corrected chi connectivity index (χ0v) is 17.8. The number of carbonyl (C=O) groups is 1. The van der Waals surface area contributed by atoms with E-state index in [-0.39, 0.29) is 11.9 Å². The molecule has 3 aromatic heterocycles. The third-order valence-electron chi connectivity index (χ3n) is 6.07. The maximum atomic E-state index is 13.2. The number of halogens is 1. The summed E-state index contributed by atoms with van der Waals surface area (Å²) in [6.07, 6.45) is 7.41. The van der Waals surface area contributed by atoms with Crippen LogP contribution < -0.4 is 4.90 Å². The number of hydrogen-bond donors (Lipinski definition) is 0. The molecule has 5 heterocycles. The zero-order chi connectivity index (χ0) is 20.7. The quantitative estimate of drug-likeness (QED) is 0.593. The predicted octanol–water partition coefficient (Wildman–Crippen LogP) is 4.05. The largest absolute Gasteiger partial charge is 0.356 e. The van der Waals surface area contributed by atoms with Crippen LogP contribution in [0.25, 0.3) is 5.65 Å². The smallest absolute Gasteiger partial charge is 0.273 e. The molecule has 30 heavy (non-hydrogen) atoms. The Labute approximate surface area is 180 Å². The van der Waals surface area contributed by atoms with Gasteiger partial charge in [-0.2, -0.15) is 5.10 Å². The Morgan fingerprint density at radius 1 is 1.10 bits per heavy atom. The number of likely N-dealkylation sites (tertiary alicyclic amines) is 1. The first-order valence-corrected chi connectivity index (χ1v) is 11.0. The Morgan fingerprint density at radius 3 is 2.70 bits per heavy atom. The molecule has 8 heteroatoms. The number of pyridine rings is 1. The summed E-state index contributed by atoms with van der Waals surface area (Å²) < 4.78 is 1.85. The summed E-state index contributed by atoms with van der Waals surface area (Å²) in [6.45, 7) is 4.89. The number of nitrogens with zero attached hydrogens (tertiary/aromatic N) is 6. The molecule has 2 aliphatic rings. The van der Waals surface area contributed by atoms with Gasteiger partial charge in [0.1, 0.15) is 16.7 Å². The van der Waals surface area contributed by atoms with Crippen molar-refractivity contribution in [2.24, 2.45) is 0 Å². The number of amides is 1. The third-order valence-corrected chi connectivity index (χ3v) is 6.28. The van der Waals surface area contributed by atoms with Crippen LogP contribution in [0.4, 0.5) is 5.82 Å². The number of hydrogen-bond acceptors (Lipinski definition) is 5. The maximum Gasteiger partial charge on any atom is 0.273 e. The van der Waals surface area contributed by atoms with Crippen LogP contribution in [0.3, 0.4) is 0 Å². The van der Waals surface area contributed by atoms with Crippen LogP contribution >= 0.6 is 11.6 Å². The monoisotopic (exact) mass is 424 g/mol. The van der Waals surface area contributed by atoms with E-state index in [4.69, 9.17) is 21.7 Å². The highest BCUT2D eigenvalue weighted by molar-refractivity contribution is 6.29. The minimum Gasteiger partial charge on any atom is -0.356 e. The second-order valence-electron chi connectivity index (χ2n) is 8.17. The second kappa shape index (κ2) is 7.87. The number of carbonyl (C=O) groups excluding carboxylic acids is 1. The summed E-state index contributed by atoms with van der Waals surface area (Å²) in [5.41, 5.74) is 3.22. The molecule has 0 N–H and O–H groups in total. The van der Waals surface area contributed by atoms with E-state index in [1.807, 2.05) is 21.7 Å². The molecule has 2 saturated heterocycles. The van der Waals surface area contributed by atoms with Gasteiger partial charge in [-0.05, 0) is 51.2 Å². The number of aromatic nitrogens is 4. The SMILES string of the molecule is Cc1cn2nc(C3CCCCN3C(=O)c3cccc(Cl)n3)cc2nc1N1CCCC1. The lowest BCUT2D eigenvalue weighted by Gasteiger charge is -2.34. The number of aryl methyl sites for hydroxylation is 1. The molecule has 2 aliphatic heterocycles. The molecule has 1 amide bonds. The number of rotatable bonds is 3. The van der Waals surface area contributed by atoms with Gasteiger partial charge in [0.25, 0.3) is 5.91 Å².